The smallest absolute Gasteiger partial charge is 0.410 e. The Morgan fingerprint density at radius 2 is 2.17 bits per heavy atom. The third kappa shape index (κ3) is 5.18. The molecule has 1 N–H and O–H groups in total. The van der Waals surface area contributed by atoms with Gasteiger partial charge in [0.1, 0.15) is 16.7 Å². The monoisotopic (exact) mass is 340 g/mol. The number of rotatable bonds is 3. The molecule has 1 aromatic rings. The average Bonchev–Trinajstić information content (AvgIpc) is 2.96. The Morgan fingerprint density at radius 3 is 2.78 bits per heavy atom. The summed E-state index contributed by atoms with van der Waals surface area (Å²) in [4.78, 5) is 32.3. The van der Waals surface area contributed by atoms with Gasteiger partial charge in [-0.15, -0.1) is 11.3 Å². The Kier molecular flexibility index (Phi) is 5.59. The summed E-state index contributed by atoms with van der Waals surface area (Å²) in [6, 6.07) is -0.378. The van der Waals surface area contributed by atoms with E-state index in [1.807, 2.05) is 38.1 Å². The first-order valence-corrected chi connectivity index (χ1v) is 8.48. The minimum atomic E-state index is -0.539. The minimum absolute atomic E-state index is 0.101. The van der Waals surface area contributed by atoms with Crippen molar-refractivity contribution < 1.29 is 14.3 Å². The van der Waals surface area contributed by atoms with E-state index in [4.69, 9.17) is 4.74 Å². The van der Waals surface area contributed by atoms with Crippen LogP contribution in [-0.2, 0) is 16.1 Å². The van der Waals surface area contributed by atoms with E-state index in [9.17, 15) is 9.59 Å². The van der Waals surface area contributed by atoms with Crippen LogP contribution < -0.4 is 5.32 Å². The van der Waals surface area contributed by atoms with E-state index in [2.05, 4.69) is 10.3 Å². The number of aromatic nitrogens is 1. The fourth-order valence-corrected chi connectivity index (χ4v) is 2.83. The zero-order valence-corrected chi connectivity index (χ0v) is 14.9. The standard InChI is InChI=1S/C15H24N4O3S/c1-15(2,3)22-14(21)19-7-6-18(4)11(10-19)13(20)17-9-12-16-5-8-23-12/h5,8,11H,6-7,9-10H2,1-4H3,(H,17,20). The molecule has 1 saturated heterocycles. The summed E-state index contributed by atoms with van der Waals surface area (Å²) in [5.74, 6) is -0.101. The maximum atomic E-state index is 12.4. The number of nitrogens with zero attached hydrogens (tertiary/aromatic N) is 3. The van der Waals surface area contributed by atoms with Crippen molar-refractivity contribution in [2.75, 3.05) is 26.7 Å². The number of thiazole rings is 1. The Labute approximate surface area is 140 Å². The molecule has 0 aliphatic carbocycles. The lowest BCUT2D eigenvalue weighted by Crippen LogP contribution is -2.59. The number of piperazine rings is 1. The number of likely N-dealkylation sites (N-methyl/N-ethyl adjacent to an activating group) is 1. The molecule has 2 rings (SSSR count). The second-order valence-electron chi connectivity index (χ2n) is 6.57. The zero-order chi connectivity index (χ0) is 17.0. The van der Waals surface area contributed by atoms with Crippen LogP contribution in [0.5, 0.6) is 0 Å². The molecule has 7 nitrogen and oxygen atoms in total. The highest BCUT2D eigenvalue weighted by Crippen LogP contribution is 2.14. The van der Waals surface area contributed by atoms with Gasteiger partial charge in [-0.25, -0.2) is 9.78 Å². The van der Waals surface area contributed by atoms with Crippen LogP contribution in [0.3, 0.4) is 0 Å². The van der Waals surface area contributed by atoms with E-state index in [0.29, 0.717) is 26.2 Å². The number of ether oxygens (including phenoxy) is 1. The van der Waals surface area contributed by atoms with Crippen LogP contribution in [0.1, 0.15) is 25.8 Å². The molecule has 2 amide bonds. The van der Waals surface area contributed by atoms with Crippen molar-refractivity contribution in [1.82, 2.24) is 20.1 Å². The van der Waals surface area contributed by atoms with Gasteiger partial charge in [-0.1, -0.05) is 0 Å². The molecule has 1 aromatic heterocycles. The summed E-state index contributed by atoms with van der Waals surface area (Å²) in [6.07, 6.45) is 1.34. The molecule has 0 spiro atoms. The minimum Gasteiger partial charge on any atom is -0.444 e. The van der Waals surface area contributed by atoms with Gasteiger partial charge in [-0.3, -0.25) is 9.69 Å². The lowest BCUT2D eigenvalue weighted by molar-refractivity contribution is -0.128. The van der Waals surface area contributed by atoms with E-state index >= 15 is 0 Å². The van der Waals surface area contributed by atoms with E-state index < -0.39 is 5.60 Å². The van der Waals surface area contributed by atoms with E-state index in [1.165, 1.54) is 11.3 Å². The number of amides is 2. The molecule has 1 aliphatic heterocycles. The highest BCUT2D eigenvalue weighted by atomic mass is 32.1. The molecule has 1 unspecified atom stereocenters. The summed E-state index contributed by atoms with van der Waals surface area (Å²) in [7, 11) is 1.89. The third-order valence-corrected chi connectivity index (χ3v) is 4.28. The molecule has 0 radical (unpaired) electrons. The normalized spacial score (nSPS) is 19.5. The predicted octanol–water partition coefficient (Wildman–Crippen LogP) is 1.31. The molecule has 8 heteroatoms. The van der Waals surface area contributed by atoms with Gasteiger partial charge in [-0.05, 0) is 27.8 Å². The first kappa shape index (κ1) is 17.7. The second kappa shape index (κ2) is 7.27. The van der Waals surface area contributed by atoms with Crippen molar-refractivity contribution >= 4 is 23.3 Å². The SMILES string of the molecule is CN1CCN(C(=O)OC(C)(C)C)CC1C(=O)NCc1nccs1. The Balaban J connectivity index is 1.91. The summed E-state index contributed by atoms with van der Waals surface area (Å²) < 4.78 is 5.39. The predicted molar refractivity (Wildman–Crippen MR) is 88.2 cm³/mol. The Bertz CT molecular complexity index is 541. The molecule has 1 atom stereocenters. The van der Waals surface area contributed by atoms with Crippen LogP contribution in [0.25, 0.3) is 0 Å². The fraction of sp³-hybridized carbons (Fsp3) is 0.667. The molecular formula is C15H24N4O3S. The number of carbonyl (C=O) groups is 2. The Morgan fingerprint density at radius 1 is 1.43 bits per heavy atom. The van der Waals surface area contributed by atoms with E-state index in [0.717, 1.165) is 5.01 Å². The maximum Gasteiger partial charge on any atom is 0.410 e. The van der Waals surface area contributed by atoms with Crippen molar-refractivity contribution in [2.24, 2.45) is 0 Å². The molecule has 128 valence electrons. The molecule has 2 heterocycles. The van der Waals surface area contributed by atoms with Gasteiger partial charge in [0.2, 0.25) is 5.91 Å². The number of carbonyl (C=O) groups excluding carboxylic acids is 2. The van der Waals surface area contributed by atoms with Crippen molar-refractivity contribution in [1.29, 1.82) is 0 Å². The van der Waals surface area contributed by atoms with Crippen molar-refractivity contribution in [3.8, 4) is 0 Å². The number of nitrogens with one attached hydrogen (secondary N) is 1. The van der Waals surface area contributed by atoms with Gasteiger partial charge in [0.25, 0.3) is 0 Å². The van der Waals surface area contributed by atoms with Crippen LogP contribution >= 0.6 is 11.3 Å². The quantitative estimate of drug-likeness (QED) is 0.898. The molecular weight excluding hydrogens is 316 g/mol. The first-order valence-electron chi connectivity index (χ1n) is 7.60. The first-order chi connectivity index (χ1) is 10.8. The molecule has 0 aromatic carbocycles. The highest BCUT2D eigenvalue weighted by molar-refractivity contribution is 7.09. The summed E-state index contributed by atoms with van der Waals surface area (Å²) in [5.41, 5.74) is -0.539. The maximum absolute atomic E-state index is 12.4. The zero-order valence-electron chi connectivity index (χ0n) is 14.0. The van der Waals surface area contributed by atoms with Gasteiger partial charge < -0.3 is 15.0 Å². The topological polar surface area (TPSA) is 74.8 Å². The van der Waals surface area contributed by atoms with Crippen LogP contribution in [0.4, 0.5) is 4.79 Å². The van der Waals surface area contributed by atoms with Crippen LogP contribution in [-0.4, -0.2) is 65.1 Å². The van der Waals surface area contributed by atoms with E-state index in [1.54, 1.807) is 11.1 Å². The van der Waals surface area contributed by atoms with Crippen LogP contribution in [0.2, 0.25) is 0 Å². The van der Waals surface area contributed by atoms with E-state index in [-0.39, 0.29) is 18.0 Å². The molecule has 23 heavy (non-hydrogen) atoms. The summed E-state index contributed by atoms with van der Waals surface area (Å²) in [5, 5.41) is 5.62. The summed E-state index contributed by atoms with van der Waals surface area (Å²) in [6.45, 7) is 7.43. The van der Waals surface area contributed by atoms with Crippen molar-refractivity contribution in [3.63, 3.8) is 0 Å². The molecule has 1 aliphatic rings. The average molecular weight is 340 g/mol. The van der Waals surface area contributed by atoms with Crippen LogP contribution in [0, 0.1) is 0 Å². The molecule has 0 saturated carbocycles. The third-order valence-electron chi connectivity index (χ3n) is 3.50. The Hall–Kier alpha value is -1.67. The molecule has 0 bridgehead atoms. The van der Waals surface area contributed by atoms with Crippen LogP contribution in [0.15, 0.2) is 11.6 Å². The van der Waals surface area contributed by atoms with Crippen molar-refractivity contribution in [3.05, 3.63) is 16.6 Å². The van der Waals surface area contributed by atoms with Gasteiger partial charge in [0, 0.05) is 31.2 Å². The van der Waals surface area contributed by atoms with Gasteiger partial charge in [-0.2, -0.15) is 0 Å². The lowest BCUT2D eigenvalue weighted by atomic mass is 10.1. The summed E-state index contributed by atoms with van der Waals surface area (Å²) >= 11 is 1.50. The van der Waals surface area contributed by atoms with Gasteiger partial charge in [0.05, 0.1) is 6.54 Å². The molecule has 1 fully saturated rings. The largest absolute Gasteiger partial charge is 0.444 e. The van der Waals surface area contributed by atoms with Gasteiger partial charge in [0.15, 0.2) is 0 Å². The van der Waals surface area contributed by atoms with Gasteiger partial charge >= 0.3 is 6.09 Å². The fourth-order valence-electron chi connectivity index (χ4n) is 2.27. The highest BCUT2D eigenvalue weighted by Gasteiger charge is 2.34. The van der Waals surface area contributed by atoms with Crippen molar-refractivity contribution in [2.45, 2.75) is 39.0 Å². The number of hydrogen-bond donors (Lipinski definition) is 1. The second-order valence-corrected chi connectivity index (χ2v) is 7.55. The lowest BCUT2D eigenvalue weighted by Gasteiger charge is -2.38. The number of hydrogen-bond acceptors (Lipinski definition) is 6.